The minimum atomic E-state index is -3.63. The molecule has 0 saturated carbocycles. The van der Waals surface area contributed by atoms with Gasteiger partial charge >= 0.3 is 6.09 Å². The number of sulfonamides is 1. The third kappa shape index (κ3) is 8.25. The van der Waals surface area contributed by atoms with Crippen LogP contribution in [0.4, 0.5) is 10.5 Å². The topological polar surface area (TPSA) is 96.0 Å². The molecule has 2 amide bonds. The molecule has 1 N–H and O–H groups in total. The quantitative estimate of drug-likeness (QED) is 0.485. The fourth-order valence-corrected chi connectivity index (χ4v) is 5.25. The van der Waals surface area contributed by atoms with E-state index >= 15 is 0 Å². The van der Waals surface area contributed by atoms with Crippen molar-refractivity contribution in [3.63, 3.8) is 0 Å². The molecule has 0 aromatic heterocycles. The number of nitrogens with one attached hydrogen (secondary N) is 1. The molecule has 1 aliphatic rings. The molecule has 1 aliphatic heterocycles. The lowest BCUT2D eigenvalue weighted by Gasteiger charge is -2.33. The fraction of sp³-hybridized carbons (Fsp3) is 0.462. The Labute approximate surface area is 228 Å². The molecule has 1 heterocycles. The van der Waals surface area contributed by atoms with Crippen molar-refractivity contribution < 1.29 is 22.7 Å². The summed E-state index contributed by atoms with van der Waals surface area (Å²) < 4.78 is 31.6. The standard InChI is InChI=1S/C26H33Cl2N3O5S/c1-26(2,3)36-25(33)30-14-12-18(13-15-30)16-29-24(32)19-8-10-21(11-9-19)31(37(4,34)35)17-20-6-5-7-22(27)23(20)28/h5-11,18H,12-17H2,1-4H3,(H,29,32). The molecule has 0 aliphatic carbocycles. The molecule has 3 rings (SSSR count). The second-order valence-corrected chi connectivity index (χ2v) is 12.8. The van der Waals surface area contributed by atoms with Gasteiger partial charge in [0.2, 0.25) is 10.0 Å². The highest BCUT2D eigenvalue weighted by Crippen LogP contribution is 2.29. The van der Waals surface area contributed by atoms with E-state index in [1.165, 1.54) is 4.31 Å². The number of ether oxygens (including phenoxy) is 1. The lowest BCUT2D eigenvalue weighted by Crippen LogP contribution is -2.43. The van der Waals surface area contributed by atoms with Gasteiger partial charge in [-0.15, -0.1) is 0 Å². The summed E-state index contributed by atoms with van der Waals surface area (Å²) in [5.41, 5.74) is 0.867. The number of halogens is 2. The lowest BCUT2D eigenvalue weighted by atomic mass is 9.97. The molecule has 0 bridgehead atoms. The van der Waals surface area contributed by atoms with Crippen LogP contribution < -0.4 is 9.62 Å². The Morgan fingerprint density at radius 2 is 1.70 bits per heavy atom. The second kappa shape index (κ2) is 11.9. The predicted octanol–water partition coefficient (Wildman–Crippen LogP) is 5.34. The number of benzene rings is 2. The van der Waals surface area contributed by atoms with Crippen LogP contribution in [0.1, 0.15) is 49.5 Å². The van der Waals surface area contributed by atoms with Crippen molar-refractivity contribution in [2.24, 2.45) is 5.92 Å². The summed E-state index contributed by atoms with van der Waals surface area (Å²) in [6.45, 7) is 7.19. The number of piperidine rings is 1. The number of rotatable bonds is 7. The van der Waals surface area contributed by atoms with E-state index in [1.54, 1.807) is 47.4 Å². The Morgan fingerprint density at radius 1 is 1.08 bits per heavy atom. The van der Waals surface area contributed by atoms with Crippen LogP contribution in [-0.4, -0.2) is 56.8 Å². The molecular formula is C26H33Cl2N3O5S. The van der Waals surface area contributed by atoms with Crippen molar-refractivity contribution in [1.29, 1.82) is 0 Å². The van der Waals surface area contributed by atoms with Crippen molar-refractivity contribution in [2.45, 2.75) is 45.8 Å². The number of anilines is 1. The van der Waals surface area contributed by atoms with E-state index in [0.717, 1.165) is 19.1 Å². The smallest absolute Gasteiger partial charge is 0.410 e. The van der Waals surface area contributed by atoms with Crippen LogP contribution in [0.15, 0.2) is 42.5 Å². The highest BCUT2D eigenvalue weighted by Gasteiger charge is 2.27. The first-order chi connectivity index (χ1) is 17.2. The van der Waals surface area contributed by atoms with Gasteiger partial charge in [0.25, 0.3) is 5.91 Å². The predicted molar refractivity (Wildman–Crippen MR) is 147 cm³/mol. The van der Waals surface area contributed by atoms with Crippen LogP contribution in [-0.2, 0) is 21.3 Å². The van der Waals surface area contributed by atoms with Gasteiger partial charge in [0, 0.05) is 25.2 Å². The SMILES string of the molecule is CC(C)(C)OC(=O)N1CCC(CNC(=O)c2ccc(N(Cc3cccc(Cl)c3Cl)S(C)(=O)=O)cc2)CC1. The van der Waals surface area contributed by atoms with Gasteiger partial charge in [-0.2, -0.15) is 0 Å². The van der Waals surface area contributed by atoms with E-state index in [0.29, 0.717) is 46.5 Å². The van der Waals surface area contributed by atoms with Gasteiger partial charge in [0.05, 0.1) is 28.5 Å². The van der Waals surface area contributed by atoms with Crippen molar-refractivity contribution in [2.75, 3.05) is 30.2 Å². The maximum Gasteiger partial charge on any atom is 0.410 e. The van der Waals surface area contributed by atoms with Crippen LogP contribution >= 0.6 is 23.2 Å². The van der Waals surface area contributed by atoms with Gasteiger partial charge in [0.1, 0.15) is 5.60 Å². The minimum absolute atomic E-state index is 0.00572. The number of hydrogen-bond donors (Lipinski definition) is 1. The van der Waals surface area contributed by atoms with Gasteiger partial charge in [0.15, 0.2) is 0 Å². The fourth-order valence-electron chi connectivity index (χ4n) is 3.99. The molecule has 202 valence electrons. The number of carbonyl (C=O) groups excluding carboxylic acids is 2. The van der Waals surface area contributed by atoms with Crippen LogP contribution in [0.3, 0.4) is 0 Å². The Morgan fingerprint density at radius 3 is 2.27 bits per heavy atom. The molecule has 0 radical (unpaired) electrons. The number of nitrogens with zero attached hydrogens (tertiary/aromatic N) is 2. The summed E-state index contributed by atoms with van der Waals surface area (Å²) in [5, 5.41) is 3.59. The van der Waals surface area contributed by atoms with Crippen LogP contribution in [0.2, 0.25) is 10.0 Å². The van der Waals surface area contributed by atoms with Crippen molar-refractivity contribution in [1.82, 2.24) is 10.2 Å². The zero-order valence-electron chi connectivity index (χ0n) is 21.5. The van der Waals surface area contributed by atoms with Crippen LogP contribution in [0.25, 0.3) is 0 Å². The molecule has 1 fully saturated rings. The van der Waals surface area contributed by atoms with E-state index in [2.05, 4.69) is 5.32 Å². The monoisotopic (exact) mass is 569 g/mol. The zero-order chi connectivity index (χ0) is 27.4. The molecular weight excluding hydrogens is 537 g/mol. The van der Waals surface area contributed by atoms with Crippen molar-refractivity contribution in [3.8, 4) is 0 Å². The van der Waals surface area contributed by atoms with Gasteiger partial charge in [-0.25, -0.2) is 13.2 Å². The van der Waals surface area contributed by atoms with E-state index < -0.39 is 15.6 Å². The normalized spacial score (nSPS) is 14.8. The average molecular weight is 571 g/mol. The van der Waals surface area contributed by atoms with Gasteiger partial charge < -0.3 is 15.0 Å². The molecule has 0 atom stereocenters. The maximum atomic E-state index is 12.7. The Bertz CT molecular complexity index is 1220. The van der Waals surface area contributed by atoms with E-state index in [4.69, 9.17) is 27.9 Å². The summed E-state index contributed by atoms with van der Waals surface area (Å²) in [6, 6.07) is 11.4. The first-order valence-corrected chi connectivity index (χ1v) is 14.6. The molecule has 0 spiro atoms. The van der Waals surface area contributed by atoms with Gasteiger partial charge in [-0.3, -0.25) is 9.10 Å². The number of carbonyl (C=O) groups is 2. The summed E-state index contributed by atoms with van der Waals surface area (Å²) >= 11 is 12.3. The molecule has 11 heteroatoms. The summed E-state index contributed by atoms with van der Waals surface area (Å²) in [4.78, 5) is 26.6. The van der Waals surface area contributed by atoms with Crippen LogP contribution in [0, 0.1) is 5.92 Å². The summed E-state index contributed by atoms with van der Waals surface area (Å²) in [7, 11) is -3.63. The largest absolute Gasteiger partial charge is 0.444 e. The maximum absolute atomic E-state index is 12.7. The lowest BCUT2D eigenvalue weighted by molar-refractivity contribution is 0.0183. The molecule has 2 aromatic carbocycles. The zero-order valence-corrected chi connectivity index (χ0v) is 23.8. The Kier molecular flexibility index (Phi) is 9.37. The summed E-state index contributed by atoms with van der Waals surface area (Å²) in [5.74, 6) is 0.00925. The average Bonchev–Trinajstić information content (AvgIpc) is 2.82. The number of likely N-dealkylation sites (tertiary alicyclic amines) is 1. The van der Waals surface area contributed by atoms with Crippen LogP contribution in [0.5, 0.6) is 0 Å². The highest BCUT2D eigenvalue weighted by atomic mass is 35.5. The first-order valence-electron chi connectivity index (χ1n) is 12.0. The second-order valence-electron chi connectivity index (χ2n) is 10.2. The third-order valence-corrected chi connectivity index (χ3v) is 7.98. The van der Waals surface area contributed by atoms with Gasteiger partial charge in [-0.1, -0.05) is 35.3 Å². The van der Waals surface area contributed by atoms with Crippen molar-refractivity contribution >= 4 is 50.9 Å². The van der Waals surface area contributed by atoms with Crippen molar-refractivity contribution in [3.05, 3.63) is 63.6 Å². The Balaban J connectivity index is 1.57. The Hall–Kier alpha value is -2.49. The molecule has 8 nitrogen and oxygen atoms in total. The highest BCUT2D eigenvalue weighted by molar-refractivity contribution is 7.92. The van der Waals surface area contributed by atoms with E-state index in [9.17, 15) is 18.0 Å². The molecule has 1 saturated heterocycles. The molecule has 2 aromatic rings. The number of amides is 2. The number of hydrogen-bond acceptors (Lipinski definition) is 5. The third-order valence-electron chi connectivity index (χ3n) is 5.98. The molecule has 0 unspecified atom stereocenters. The molecule has 37 heavy (non-hydrogen) atoms. The van der Waals surface area contributed by atoms with E-state index in [1.807, 2.05) is 20.8 Å². The van der Waals surface area contributed by atoms with Gasteiger partial charge in [-0.05, 0) is 75.4 Å². The van der Waals surface area contributed by atoms with E-state index in [-0.39, 0.29) is 24.5 Å². The minimum Gasteiger partial charge on any atom is -0.444 e. The first kappa shape index (κ1) is 29.1. The summed E-state index contributed by atoms with van der Waals surface area (Å²) in [6.07, 6.45) is 2.35.